The Kier molecular flexibility index (Phi) is 2.46. The number of nitrogens with one attached hydrogen (secondary N) is 1. The van der Waals surface area contributed by atoms with Crippen molar-refractivity contribution in [1.82, 2.24) is 15.0 Å². The SMILES string of the molecule is Cc1cnc2nc(C(C)S(C)(=O)=O)[nH]c2c1. The fraction of sp³-hybridized carbons (Fsp3) is 0.400. The molecule has 1 atom stereocenters. The topological polar surface area (TPSA) is 75.7 Å². The largest absolute Gasteiger partial charge is 0.340 e. The molecule has 0 radical (unpaired) electrons. The highest BCUT2D eigenvalue weighted by Gasteiger charge is 2.21. The molecule has 0 saturated heterocycles. The first-order chi connectivity index (χ1) is 7.38. The summed E-state index contributed by atoms with van der Waals surface area (Å²) in [5.74, 6) is 0.440. The van der Waals surface area contributed by atoms with E-state index >= 15 is 0 Å². The third-order valence-electron chi connectivity index (χ3n) is 2.52. The van der Waals surface area contributed by atoms with Crippen molar-refractivity contribution in [1.29, 1.82) is 0 Å². The summed E-state index contributed by atoms with van der Waals surface area (Å²) in [6.45, 7) is 3.53. The molecular formula is C10H13N3O2S. The molecule has 0 aliphatic carbocycles. The Bertz CT molecular complexity index is 631. The van der Waals surface area contributed by atoms with E-state index in [-0.39, 0.29) is 0 Å². The van der Waals surface area contributed by atoms with Crippen LogP contribution in [-0.4, -0.2) is 29.6 Å². The van der Waals surface area contributed by atoms with Crippen molar-refractivity contribution in [3.8, 4) is 0 Å². The monoisotopic (exact) mass is 239 g/mol. The molecule has 0 aromatic carbocycles. The minimum atomic E-state index is -3.14. The predicted octanol–water partition coefficient (Wildman–Crippen LogP) is 1.37. The Morgan fingerprint density at radius 3 is 2.75 bits per heavy atom. The fourth-order valence-corrected chi connectivity index (χ4v) is 1.94. The van der Waals surface area contributed by atoms with Crippen LogP contribution < -0.4 is 0 Å². The highest BCUT2D eigenvalue weighted by Crippen LogP contribution is 2.20. The van der Waals surface area contributed by atoms with Crippen LogP contribution in [0.25, 0.3) is 11.2 Å². The second kappa shape index (κ2) is 3.55. The maximum Gasteiger partial charge on any atom is 0.177 e. The van der Waals surface area contributed by atoms with Gasteiger partial charge < -0.3 is 4.98 Å². The number of sulfone groups is 1. The molecule has 5 nitrogen and oxygen atoms in total. The summed E-state index contributed by atoms with van der Waals surface area (Å²) in [7, 11) is -3.14. The highest BCUT2D eigenvalue weighted by molar-refractivity contribution is 7.90. The smallest absolute Gasteiger partial charge is 0.177 e. The van der Waals surface area contributed by atoms with Crippen molar-refractivity contribution in [2.75, 3.05) is 6.26 Å². The first-order valence-corrected chi connectivity index (χ1v) is 6.84. The van der Waals surface area contributed by atoms with Crippen LogP contribution in [0.4, 0.5) is 0 Å². The zero-order valence-electron chi connectivity index (χ0n) is 9.35. The summed E-state index contributed by atoms with van der Waals surface area (Å²) in [5, 5.41) is -0.637. The molecule has 16 heavy (non-hydrogen) atoms. The quantitative estimate of drug-likeness (QED) is 0.858. The van der Waals surface area contributed by atoms with Gasteiger partial charge in [0, 0.05) is 12.5 Å². The Hall–Kier alpha value is -1.43. The molecule has 0 spiro atoms. The summed E-state index contributed by atoms with van der Waals surface area (Å²) < 4.78 is 22.8. The van der Waals surface area contributed by atoms with E-state index in [4.69, 9.17) is 0 Å². The van der Waals surface area contributed by atoms with Crippen molar-refractivity contribution in [3.63, 3.8) is 0 Å². The van der Waals surface area contributed by atoms with Crippen LogP contribution >= 0.6 is 0 Å². The number of H-pyrrole nitrogens is 1. The lowest BCUT2D eigenvalue weighted by molar-refractivity contribution is 0.590. The van der Waals surface area contributed by atoms with Gasteiger partial charge in [-0.05, 0) is 25.5 Å². The molecular weight excluding hydrogens is 226 g/mol. The second-order valence-corrected chi connectivity index (χ2v) is 6.34. The molecule has 2 aromatic heterocycles. The Labute approximate surface area is 93.8 Å². The van der Waals surface area contributed by atoms with E-state index < -0.39 is 15.1 Å². The summed E-state index contributed by atoms with van der Waals surface area (Å²) in [6.07, 6.45) is 2.90. The molecule has 0 saturated carbocycles. The average Bonchev–Trinajstić information content (AvgIpc) is 2.57. The van der Waals surface area contributed by atoms with Crippen LogP contribution in [0.5, 0.6) is 0 Å². The Morgan fingerprint density at radius 1 is 1.44 bits per heavy atom. The first kappa shape index (κ1) is 11.1. The number of aromatic amines is 1. The van der Waals surface area contributed by atoms with Crippen LogP contribution in [0.15, 0.2) is 12.3 Å². The molecule has 1 unspecified atom stereocenters. The van der Waals surface area contributed by atoms with Crippen molar-refractivity contribution in [2.45, 2.75) is 19.1 Å². The van der Waals surface area contributed by atoms with Gasteiger partial charge in [-0.1, -0.05) is 0 Å². The first-order valence-electron chi connectivity index (χ1n) is 4.89. The van der Waals surface area contributed by atoms with E-state index in [1.165, 1.54) is 6.26 Å². The molecule has 0 aliphatic heterocycles. The third-order valence-corrected chi connectivity index (χ3v) is 4.03. The minimum Gasteiger partial charge on any atom is -0.340 e. The van der Waals surface area contributed by atoms with Gasteiger partial charge in [-0.3, -0.25) is 0 Å². The van der Waals surface area contributed by atoms with E-state index in [2.05, 4.69) is 15.0 Å². The standard InChI is InChI=1S/C10H13N3O2S/c1-6-4-8-10(11-5-6)13-9(12-8)7(2)16(3,14)15/h4-5,7H,1-3H3,(H,11,12,13). The van der Waals surface area contributed by atoms with E-state index in [0.717, 1.165) is 11.1 Å². The maximum absolute atomic E-state index is 11.4. The number of pyridine rings is 1. The van der Waals surface area contributed by atoms with Crippen LogP contribution in [0.2, 0.25) is 0 Å². The molecule has 0 amide bonds. The summed E-state index contributed by atoms with van der Waals surface area (Å²) >= 11 is 0. The van der Waals surface area contributed by atoms with Crippen molar-refractivity contribution >= 4 is 21.0 Å². The van der Waals surface area contributed by atoms with Gasteiger partial charge in [0.15, 0.2) is 15.5 Å². The zero-order valence-corrected chi connectivity index (χ0v) is 10.2. The number of nitrogens with zero attached hydrogens (tertiary/aromatic N) is 2. The lowest BCUT2D eigenvalue weighted by Crippen LogP contribution is -2.09. The van der Waals surface area contributed by atoms with Crippen LogP contribution in [0, 0.1) is 6.92 Å². The van der Waals surface area contributed by atoms with E-state index in [1.807, 2.05) is 13.0 Å². The maximum atomic E-state index is 11.4. The normalized spacial score (nSPS) is 14.2. The molecule has 86 valence electrons. The molecule has 0 fully saturated rings. The number of aryl methyl sites for hydroxylation is 1. The fourth-order valence-electron chi connectivity index (χ4n) is 1.42. The lowest BCUT2D eigenvalue weighted by atomic mass is 10.3. The van der Waals surface area contributed by atoms with Gasteiger partial charge in [0.1, 0.15) is 11.1 Å². The summed E-state index contributed by atoms with van der Waals surface area (Å²) in [4.78, 5) is 11.3. The van der Waals surface area contributed by atoms with Gasteiger partial charge in [0.05, 0.1) is 5.52 Å². The molecule has 2 aromatic rings. The average molecular weight is 239 g/mol. The molecule has 0 aliphatic rings. The van der Waals surface area contributed by atoms with Gasteiger partial charge in [-0.15, -0.1) is 0 Å². The number of imidazole rings is 1. The van der Waals surface area contributed by atoms with E-state index in [1.54, 1.807) is 13.1 Å². The Balaban J connectivity index is 2.56. The van der Waals surface area contributed by atoms with Crippen LogP contribution in [0.1, 0.15) is 23.6 Å². The van der Waals surface area contributed by atoms with E-state index in [0.29, 0.717) is 11.5 Å². The van der Waals surface area contributed by atoms with Gasteiger partial charge in [-0.25, -0.2) is 18.4 Å². The summed E-state index contributed by atoms with van der Waals surface area (Å²) in [5.41, 5.74) is 2.33. The highest BCUT2D eigenvalue weighted by atomic mass is 32.2. The minimum absolute atomic E-state index is 0.440. The molecule has 2 heterocycles. The number of hydrogen-bond donors (Lipinski definition) is 1. The van der Waals surface area contributed by atoms with Crippen LogP contribution in [-0.2, 0) is 9.84 Å². The van der Waals surface area contributed by atoms with Gasteiger partial charge >= 0.3 is 0 Å². The van der Waals surface area contributed by atoms with Crippen molar-refractivity contribution < 1.29 is 8.42 Å². The molecule has 6 heteroatoms. The predicted molar refractivity (Wildman–Crippen MR) is 61.9 cm³/mol. The summed E-state index contributed by atoms with van der Waals surface area (Å²) in [6, 6.07) is 1.90. The van der Waals surface area contributed by atoms with Gasteiger partial charge in [-0.2, -0.15) is 0 Å². The number of hydrogen-bond acceptors (Lipinski definition) is 4. The van der Waals surface area contributed by atoms with Crippen molar-refractivity contribution in [2.24, 2.45) is 0 Å². The number of aromatic nitrogens is 3. The van der Waals surface area contributed by atoms with Gasteiger partial charge in [0.25, 0.3) is 0 Å². The molecule has 1 N–H and O–H groups in total. The number of fused-ring (bicyclic) bond motifs is 1. The van der Waals surface area contributed by atoms with Crippen LogP contribution in [0.3, 0.4) is 0 Å². The second-order valence-electron chi connectivity index (χ2n) is 3.98. The molecule has 0 bridgehead atoms. The lowest BCUT2D eigenvalue weighted by Gasteiger charge is -2.03. The van der Waals surface area contributed by atoms with Crippen molar-refractivity contribution in [3.05, 3.63) is 23.7 Å². The van der Waals surface area contributed by atoms with Gasteiger partial charge in [0.2, 0.25) is 0 Å². The number of rotatable bonds is 2. The van der Waals surface area contributed by atoms with E-state index in [9.17, 15) is 8.42 Å². The zero-order chi connectivity index (χ0) is 11.9. The molecule has 2 rings (SSSR count). The third kappa shape index (κ3) is 1.92. The Morgan fingerprint density at radius 2 is 2.12 bits per heavy atom.